The molecule has 0 atom stereocenters. The minimum absolute atomic E-state index is 0.953. The minimum Gasteiger partial charge on any atom is -0.309 e. The van der Waals surface area contributed by atoms with E-state index in [4.69, 9.17) is 0 Å². The fourth-order valence-corrected chi connectivity index (χ4v) is 1.56. The van der Waals surface area contributed by atoms with E-state index in [-0.39, 0.29) is 0 Å². The van der Waals surface area contributed by atoms with Crippen molar-refractivity contribution in [3.63, 3.8) is 0 Å². The smallest absolute Gasteiger partial charge is 0.139 e. The third-order valence-corrected chi connectivity index (χ3v) is 2.19. The number of nitrogens with one attached hydrogen (secondary N) is 1. The lowest BCUT2D eigenvalue weighted by molar-refractivity contribution is 0.813. The summed E-state index contributed by atoms with van der Waals surface area (Å²) in [6.45, 7) is 0.953. The van der Waals surface area contributed by atoms with Gasteiger partial charge in [0.05, 0.1) is 5.71 Å². The lowest BCUT2D eigenvalue weighted by atomic mass is 10.3. The highest BCUT2D eigenvalue weighted by Gasteiger charge is 2.09. The molecule has 1 N–H and O–H groups in total. The van der Waals surface area contributed by atoms with Crippen LogP contribution in [0.2, 0.25) is 0 Å². The molecular weight excluding hydrogens is 146 g/mol. The molecule has 0 spiro atoms. The zero-order valence-electron chi connectivity index (χ0n) is 5.37. The maximum atomic E-state index is 4.15. The van der Waals surface area contributed by atoms with Crippen molar-refractivity contribution in [2.24, 2.45) is 5.10 Å². The summed E-state index contributed by atoms with van der Waals surface area (Å²) in [5.74, 6) is 0. The number of rotatable bonds is 1. The maximum Gasteiger partial charge on any atom is 0.139 e. The Morgan fingerprint density at radius 1 is 1.60 bits per heavy atom. The van der Waals surface area contributed by atoms with E-state index < -0.39 is 0 Å². The van der Waals surface area contributed by atoms with E-state index in [1.807, 2.05) is 5.38 Å². The maximum absolute atomic E-state index is 4.15. The quantitative estimate of drug-likeness (QED) is 0.649. The Kier molecular flexibility index (Phi) is 1.39. The molecule has 1 aromatic heterocycles. The number of thiazole rings is 1. The number of hydrogen-bond acceptors (Lipinski definition) is 4. The highest BCUT2D eigenvalue weighted by atomic mass is 32.1. The molecule has 1 aliphatic rings. The van der Waals surface area contributed by atoms with Crippen LogP contribution in [0.4, 0.5) is 0 Å². The van der Waals surface area contributed by atoms with Gasteiger partial charge < -0.3 is 5.43 Å². The van der Waals surface area contributed by atoms with Crippen molar-refractivity contribution in [2.45, 2.75) is 6.42 Å². The largest absolute Gasteiger partial charge is 0.309 e. The summed E-state index contributed by atoms with van der Waals surface area (Å²) < 4.78 is 0. The van der Waals surface area contributed by atoms with Gasteiger partial charge in [-0.3, -0.25) is 0 Å². The summed E-state index contributed by atoms with van der Waals surface area (Å²) in [7, 11) is 0. The first-order valence-corrected chi connectivity index (χ1v) is 4.04. The lowest BCUT2D eigenvalue weighted by Crippen LogP contribution is -1.97. The summed E-state index contributed by atoms with van der Waals surface area (Å²) in [5, 5.41) is 7.11. The van der Waals surface area contributed by atoms with Crippen LogP contribution >= 0.6 is 11.3 Å². The van der Waals surface area contributed by atoms with Crippen LogP contribution in [0, 0.1) is 0 Å². The van der Waals surface area contributed by atoms with Crippen LogP contribution in [0.1, 0.15) is 11.4 Å². The van der Waals surface area contributed by atoms with Gasteiger partial charge in [0.15, 0.2) is 0 Å². The van der Waals surface area contributed by atoms with Gasteiger partial charge in [-0.05, 0) is 0 Å². The van der Waals surface area contributed by atoms with Gasteiger partial charge in [-0.25, -0.2) is 4.98 Å². The van der Waals surface area contributed by atoms with E-state index in [2.05, 4.69) is 15.5 Å². The van der Waals surface area contributed by atoms with Gasteiger partial charge in [-0.15, -0.1) is 11.3 Å². The zero-order chi connectivity index (χ0) is 6.81. The van der Waals surface area contributed by atoms with Crippen molar-refractivity contribution in [2.75, 3.05) is 6.54 Å². The Morgan fingerprint density at radius 3 is 3.20 bits per heavy atom. The second-order valence-corrected chi connectivity index (χ2v) is 2.95. The molecule has 0 aliphatic carbocycles. The molecule has 4 heteroatoms. The second-order valence-electron chi connectivity index (χ2n) is 2.05. The molecule has 52 valence electrons. The Labute approximate surface area is 62.8 Å². The minimum atomic E-state index is 0.953. The van der Waals surface area contributed by atoms with Gasteiger partial charge >= 0.3 is 0 Å². The van der Waals surface area contributed by atoms with Crippen molar-refractivity contribution in [3.05, 3.63) is 16.6 Å². The van der Waals surface area contributed by atoms with Crippen molar-refractivity contribution < 1.29 is 0 Å². The van der Waals surface area contributed by atoms with Gasteiger partial charge in [-0.1, -0.05) is 0 Å². The van der Waals surface area contributed by atoms with Gasteiger partial charge in [0.2, 0.25) is 0 Å². The second kappa shape index (κ2) is 2.38. The first-order chi connectivity index (χ1) is 4.97. The molecule has 0 aromatic carbocycles. The van der Waals surface area contributed by atoms with Crippen LogP contribution in [0.3, 0.4) is 0 Å². The van der Waals surface area contributed by atoms with Crippen molar-refractivity contribution >= 4 is 17.0 Å². The molecule has 0 bridgehead atoms. The SMILES string of the molecule is c1csc(C2=NNCC2)n1. The fraction of sp³-hybridized carbons (Fsp3) is 0.333. The summed E-state index contributed by atoms with van der Waals surface area (Å²) in [6.07, 6.45) is 2.81. The molecule has 0 saturated heterocycles. The van der Waals surface area contributed by atoms with Crippen LogP contribution in [0.15, 0.2) is 16.7 Å². The molecule has 3 nitrogen and oxygen atoms in total. The van der Waals surface area contributed by atoms with E-state index in [1.54, 1.807) is 17.5 Å². The Morgan fingerprint density at radius 2 is 2.60 bits per heavy atom. The fourth-order valence-electron chi connectivity index (χ4n) is 0.902. The van der Waals surface area contributed by atoms with E-state index in [9.17, 15) is 0 Å². The number of hydrazone groups is 1. The van der Waals surface area contributed by atoms with E-state index >= 15 is 0 Å². The molecule has 0 saturated carbocycles. The summed E-state index contributed by atoms with van der Waals surface area (Å²) in [5.41, 5.74) is 4.01. The third-order valence-electron chi connectivity index (χ3n) is 1.37. The van der Waals surface area contributed by atoms with Crippen LogP contribution in [-0.4, -0.2) is 17.2 Å². The molecular formula is C6H7N3S. The molecule has 2 heterocycles. The van der Waals surface area contributed by atoms with E-state index in [1.165, 1.54) is 0 Å². The topological polar surface area (TPSA) is 37.3 Å². The predicted molar refractivity (Wildman–Crippen MR) is 41.3 cm³/mol. The van der Waals surface area contributed by atoms with E-state index in [0.29, 0.717) is 0 Å². The summed E-state index contributed by atoms with van der Waals surface area (Å²) >= 11 is 1.64. The molecule has 0 fully saturated rings. The summed E-state index contributed by atoms with van der Waals surface area (Å²) in [4.78, 5) is 4.15. The molecule has 0 unspecified atom stereocenters. The Balaban J connectivity index is 2.28. The van der Waals surface area contributed by atoms with Crippen LogP contribution in [0.25, 0.3) is 0 Å². The van der Waals surface area contributed by atoms with Crippen molar-refractivity contribution in [1.29, 1.82) is 0 Å². The third kappa shape index (κ3) is 0.903. The van der Waals surface area contributed by atoms with Crippen LogP contribution in [0.5, 0.6) is 0 Å². The molecule has 1 aromatic rings. The predicted octanol–water partition coefficient (Wildman–Crippen LogP) is 0.840. The zero-order valence-corrected chi connectivity index (χ0v) is 6.19. The number of aromatic nitrogens is 1. The summed E-state index contributed by atoms with van der Waals surface area (Å²) in [6, 6.07) is 0. The average molecular weight is 153 g/mol. The normalized spacial score (nSPS) is 16.6. The van der Waals surface area contributed by atoms with Gasteiger partial charge in [0.25, 0.3) is 0 Å². The first kappa shape index (κ1) is 5.85. The average Bonchev–Trinajstić information content (AvgIpc) is 2.59. The highest BCUT2D eigenvalue weighted by Crippen LogP contribution is 2.09. The number of hydrogen-bond donors (Lipinski definition) is 1. The van der Waals surface area contributed by atoms with Crippen molar-refractivity contribution in [1.82, 2.24) is 10.4 Å². The molecule has 0 radical (unpaired) electrons. The molecule has 1 aliphatic heterocycles. The van der Waals surface area contributed by atoms with Crippen LogP contribution in [-0.2, 0) is 0 Å². The Hall–Kier alpha value is -0.900. The first-order valence-electron chi connectivity index (χ1n) is 3.16. The van der Waals surface area contributed by atoms with E-state index in [0.717, 1.165) is 23.7 Å². The molecule has 10 heavy (non-hydrogen) atoms. The van der Waals surface area contributed by atoms with Gasteiger partial charge in [-0.2, -0.15) is 5.10 Å². The van der Waals surface area contributed by atoms with Crippen LogP contribution < -0.4 is 5.43 Å². The Bertz CT molecular complexity index is 240. The highest BCUT2D eigenvalue weighted by molar-refractivity contribution is 7.11. The molecule has 2 rings (SSSR count). The number of nitrogens with zero attached hydrogens (tertiary/aromatic N) is 2. The molecule has 0 amide bonds. The standard InChI is InChI=1S/C6H7N3S/c1-2-8-9-5(1)6-7-3-4-10-6/h3-4,8H,1-2H2. The van der Waals surface area contributed by atoms with Gasteiger partial charge in [0.1, 0.15) is 5.01 Å². The monoisotopic (exact) mass is 153 g/mol. The van der Waals surface area contributed by atoms with Crippen molar-refractivity contribution in [3.8, 4) is 0 Å². The van der Waals surface area contributed by atoms with Gasteiger partial charge in [0, 0.05) is 24.5 Å². The lowest BCUT2D eigenvalue weighted by Gasteiger charge is -1.87.